The number of ether oxygens (including phenoxy) is 2. The van der Waals surface area contributed by atoms with Crippen LogP contribution in [-0.4, -0.2) is 29.3 Å². The highest BCUT2D eigenvalue weighted by Crippen LogP contribution is 2.45. The van der Waals surface area contributed by atoms with Crippen LogP contribution < -0.4 is 9.64 Å². The van der Waals surface area contributed by atoms with Crippen LogP contribution in [0.3, 0.4) is 0 Å². The van der Waals surface area contributed by atoms with Gasteiger partial charge in [0.1, 0.15) is 12.4 Å². The molecular formula is C20H25ClN2O2S. The van der Waals surface area contributed by atoms with Crippen molar-refractivity contribution in [3.05, 3.63) is 28.9 Å². The Kier molecular flexibility index (Phi) is 4.25. The summed E-state index contributed by atoms with van der Waals surface area (Å²) in [4.78, 5) is 8.40. The van der Waals surface area contributed by atoms with Gasteiger partial charge in [-0.05, 0) is 58.7 Å². The van der Waals surface area contributed by atoms with E-state index in [4.69, 9.17) is 26.1 Å². The highest BCUT2D eigenvalue weighted by Gasteiger charge is 2.41. The molecule has 4 rings (SSSR count). The second-order valence-electron chi connectivity index (χ2n) is 8.50. The molecule has 0 aliphatic carbocycles. The molecule has 1 saturated heterocycles. The fourth-order valence-electron chi connectivity index (χ4n) is 4.22. The lowest BCUT2D eigenvalue weighted by Gasteiger charge is -2.47. The average Bonchev–Trinajstić information content (AvgIpc) is 2.95. The van der Waals surface area contributed by atoms with E-state index in [1.54, 1.807) is 11.3 Å². The minimum Gasteiger partial charge on any atom is -0.487 e. The number of halogens is 1. The van der Waals surface area contributed by atoms with Crippen molar-refractivity contribution in [2.45, 2.75) is 64.4 Å². The standard InChI is InChI=1S/C20H25ClN2O2S/c1-19(2)9-13(10-20(3,4)25-19)23(5)18-22-15-11-24-16-8-12(21)6-7-14(16)17(15)26-18/h6-8,13H,9-11H2,1-5H3. The molecule has 1 aromatic carbocycles. The van der Waals surface area contributed by atoms with Crippen LogP contribution in [0.4, 0.5) is 5.13 Å². The topological polar surface area (TPSA) is 34.6 Å². The quantitative estimate of drug-likeness (QED) is 0.673. The normalized spacial score (nSPS) is 20.8. The number of hydrogen-bond donors (Lipinski definition) is 0. The van der Waals surface area contributed by atoms with Crippen LogP contribution in [0.5, 0.6) is 5.75 Å². The number of hydrogen-bond acceptors (Lipinski definition) is 5. The van der Waals surface area contributed by atoms with Gasteiger partial charge in [-0.2, -0.15) is 0 Å². The molecule has 3 heterocycles. The Labute approximate surface area is 164 Å². The zero-order valence-electron chi connectivity index (χ0n) is 15.9. The minimum absolute atomic E-state index is 0.135. The average molecular weight is 393 g/mol. The predicted octanol–water partition coefficient (Wildman–Crippen LogP) is 5.53. The largest absolute Gasteiger partial charge is 0.487 e. The summed E-state index contributed by atoms with van der Waals surface area (Å²) in [7, 11) is 2.15. The maximum Gasteiger partial charge on any atom is 0.186 e. The fourth-order valence-corrected chi connectivity index (χ4v) is 5.51. The summed E-state index contributed by atoms with van der Waals surface area (Å²) in [5.41, 5.74) is 1.83. The van der Waals surface area contributed by atoms with E-state index in [1.165, 1.54) is 4.88 Å². The van der Waals surface area contributed by atoms with Gasteiger partial charge in [-0.15, -0.1) is 0 Å². The Morgan fingerprint density at radius 2 is 1.88 bits per heavy atom. The molecule has 2 aliphatic heterocycles. The Morgan fingerprint density at radius 1 is 1.19 bits per heavy atom. The van der Waals surface area contributed by atoms with Gasteiger partial charge in [-0.1, -0.05) is 22.9 Å². The number of benzene rings is 1. The van der Waals surface area contributed by atoms with E-state index in [9.17, 15) is 0 Å². The van der Waals surface area contributed by atoms with Crippen LogP contribution in [0.15, 0.2) is 18.2 Å². The van der Waals surface area contributed by atoms with Crippen LogP contribution in [0.1, 0.15) is 46.2 Å². The zero-order valence-corrected chi connectivity index (χ0v) is 17.5. The fraction of sp³-hybridized carbons (Fsp3) is 0.550. The van der Waals surface area contributed by atoms with Crippen molar-refractivity contribution in [2.24, 2.45) is 0 Å². The lowest BCUT2D eigenvalue weighted by molar-refractivity contribution is -0.160. The molecule has 140 valence electrons. The molecule has 0 saturated carbocycles. The van der Waals surface area contributed by atoms with E-state index in [1.807, 2.05) is 18.2 Å². The van der Waals surface area contributed by atoms with Crippen molar-refractivity contribution in [3.8, 4) is 16.2 Å². The van der Waals surface area contributed by atoms with Crippen LogP contribution in [0.2, 0.25) is 5.02 Å². The smallest absolute Gasteiger partial charge is 0.186 e. The first-order valence-corrected chi connectivity index (χ1v) is 10.2. The van der Waals surface area contributed by atoms with E-state index >= 15 is 0 Å². The Bertz CT molecular complexity index is 830. The van der Waals surface area contributed by atoms with Crippen molar-refractivity contribution in [1.29, 1.82) is 0 Å². The lowest BCUT2D eigenvalue weighted by atomic mass is 9.85. The molecule has 0 spiro atoms. The van der Waals surface area contributed by atoms with Crippen molar-refractivity contribution in [3.63, 3.8) is 0 Å². The number of nitrogens with zero attached hydrogens (tertiary/aromatic N) is 2. The molecule has 0 bridgehead atoms. The summed E-state index contributed by atoms with van der Waals surface area (Å²) in [5.74, 6) is 0.844. The third-order valence-corrected chi connectivity index (χ3v) is 6.55. The first-order valence-electron chi connectivity index (χ1n) is 8.99. The molecule has 4 nitrogen and oxygen atoms in total. The van der Waals surface area contributed by atoms with Crippen molar-refractivity contribution >= 4 is 28.1 Å². The van der Waals surface area contributed by atoms with Gasteiger partial charge in [0.05, 0.1) is 21.8 Å². The van der Waals surface area contributed by atoms with Gasteiger partial charge >= 0.3 is 0 Å². The van der Waals surface area contributed by atoms with Crippen LogP contribution in [0.25, 0.3) is 10.4 Å². The Hall–Kier alpha value is -1.30. The van der Waals surface area contributed by atoms with Crippen LogP contribution in [0, 0.1) is 0 Å². The first-order chi connectivity index (χ1) is 12.1. The molecule has 0 radical (unpaired) electrons. The first kappa shape index (κ1) is 18.1. The van der Waals surface area contributed by atoms with E-state index in [0.717, 1.165) is 35.0 Å². The van der Waals surface area contributed by atoms with Gasteiger partial charge in [-0.3, -0.25) is 0 Å². The number of aromatic nitrogens is 1. The van der Waals surface area contributed by atoms with E-state index in [0.29, 0.717) is 17.7 Å². The van der Waals surface area contributed by atoms with Gasteiger partial charge in [0.2, 0.25) is 0 Å². The van der Waals surface area contributed by atoms with Crippen molar-refractivity contribution in [1.82, 2.24) is 4.98 Å². The van der Waals surface area contributed by atoms with E-state index in [2.05, 4.69) is 39.6 Å². The van der Waals surface area contributed by atoms with Crippen LogP contribution in [-0.2, 0) is 11.3 Å². The molecule has 0 amide bonds. The molecule has 2 aliphatic rings. The molecule has 0 unspecified atom stereocenters. The van der Waals surface area contributed by atoms with Gasteiger partial charge in [0.15, 0.2) is 5.13 Å². The van der Waals surface area contributed by atoms with Gasteiger partial charge in [-0.25, -0.2) is 4.98 Å². The Balaban J connectivity index is 1.65. The Morgan fingerprint density at radius 3 is 2.58 bits per heavy atom. The highest BCUT2D eigenvalue weighted by atomic mass is 35.5. The number of anilines is 1. The number of rotatable bonds is 2. The molecule has 2 aromatic rings. The highest BCUT2D eigenvalue weighted by molar-refractivity contribution is 7.19. The summed E-state index contributed by atoms with van der Waals surface area (Å²) in [5, 5.41) is 1.74. The van der Waals surface area contributed by atoms with Crippen molar-refractivity contribution < 1.29 is 9.47 Å². The lowest BCUT2D eigenvalue weighted by Crippen LogP contribution is -2.52. The van der Waals surface area contributed by atoms with E-state index < -0.39 is 0 Å². The molecule has 0 N–H and O–H groups in total. The monoisotopic (exact) mass is 392 g/mol. The molecule has 1 aromatic heterocycles. The molecule has 1 fully saturated rings. The second kappa shape index (κ2) is 6.11. The zero-order chi connectivity index (χ0) is 18.7. The summed E-state index contributed by atoms with van der Waals surface area (Å²) in [6.45, 7) is 9.20. The minimum atomic E-state index is -0.135. The van der Waals surface area contributed by atoms with Gasteiger partial charge in [0.25, 0.3) is 0 Å². The summed E-state index contributed by atoms with van der Waals surface area (Å²) >= 11 is 7.84. The predicted molar refractivity (Wildman–Crippen MR) is 108 cm³/mol. The van der Waals surface area contributed by atoms with E-state index in [-0.39, 0.29) is 11.2 Å². The third kappa shape index (κ3) is 3.32. The molecule has 6 heteroatoms. The third-order valence-electron chi connectivity index (χ3n) is 5.10. The maximum absolute atomic E-state index is 6.24. The summed E-state index contributed by atoms with van der Waals surface area (Å²) < 4.78 is 12.1. The SMILES string of the molecule is CN(c1nc2c(s1)-c1ccc(Cl)cc1OC2)C1CC(C)(C)OC(C)(C)C1. The number of fused-ring (bicyclic) bond motifs is 3. The molecular weight excluding hydrogens is 368 g/mol. The summed E-state index contributed by atoms with van der Waals surface area (Å²) in [6.07, 6.45) is 1.97. The molecule has 26 heavy (non-hydrogen) atoms. The number of thiazole rings is 1. The molecule has 0 atom stereocenters. The summed E-state index contributed by atoms with van der Waals surface area (Å²) in [6, 6.07) is 6.21. The second-order valence-corrected chi connectivity index (χ2v) is 9.91. The van der Waals surface area contributed by atoms with Crippen molar-refractivity contribution in [2.75, 3.05) is 11.9 Å². The maximum atomic E-state index is 6.24. The van der Waals surface area contributed by atoms with Gasteiger partial charge < -0.3 is 14.4 Å². The van der Waals surface area contributed by atoms with Crippen LogP contribution >= 0.6 is 22.9 Å². The van der Waals surface area contributed by atoms with Gasteiger partial charge in [0, 0.05) is 23.7 Å².